The molecule has 0 atom stereocenters. The lowest BCUT2D eigenvalue weighted by molar-refractivity contribution is 0.403. The first-order valence-corrected chi connectivity index (χ1v) is 7.18. The van der Waals surface area contributed by atoms with Gasteiger partial charge in [0.15, 0.2) is 0 Å². The molecule has 1 aromatic rings. The first-order chi connectivity index (χ1) is 8.32. The maximum absolute atomic E-state index is 3.67. The highest BCUT2D eigenvalue weighted by molar-refractivity contribution is 5.11. The third kappa shape index (κ3) is 2.57. The summed E-state index contributed by atoms with van der Waals surface area (Å²) in [6.07, 6.45) is 11.6. The molecule has 2 aliphatic rings. The van der Waals surface area contributed by atoms with E-state index >= 15 is 0 Å². The highest BCUT2D eigenvalue weighted by Gasteiger charge is 2.53. The molecule has 0 unspecified atom stereocenters. The van der Waals surface area contributed by atoms with E-state index in [0.717, 1.165) is 24.4 Å². The number of rotatable bonds is 7. The van der Waals surface area contributed by atoms with Gasteiger partial charge in [0.05, 0.1) is 0 Å². The molecular formula is C15H24N2. The Balaban J connectivity index is 1.44. The van der Waals surface area contributed by atoms with E-state index in [2.05, 4.69) is 35.3 Å². The van der Waals surface area contributed by atoms with Gasteiger partial charge in [-0.2, -0.15) is 0 Å². The summed E-state index contributed by atoms with van der Waals surface area (Å²) in [4.78, 5) is 0. The van der Waals surface area contributed by atoms with Crippen LogP contribution in [0.5, 0.6) is 0 Å². The van der Waals surface area contributed by atoms with Crippen LogP contribution >= 0.6 is 0 Å². The third-order valence-corrected chi connectivity index (χ3v) is 4.44. The average molecular weight is 232 g/mol. The second-order valence-corrected chi connectivity index (χ2v) is 6.00. The van der Waals surface area contributed by atoms with Crippen molar-refractivity contribution in [3.05, 3.63) is 24.0 Å². The number of aromatic nitrogens is 1. The average Bonchev–Trinajstić information content (AvgIpc) is 3.20. The van der Waals surface area contributed by atoms with E-state index in [1.54, 1.807) is 0 Å². The highest BCUT2D eigenvalue weighted by Crippen LogP contribution is 2.60. The molecule has 0 spiro atoms. The van der Waals surface area contributed by atoms with E-state index in [1.165, 1.54) is 44.2 Å². The van der Waals surface area contributed by atoms with Crippen molar-refractivity contribution in [1.29, 1.82) is 0 Å². The van der Waals surface area contributed by atoms with Crippen LogP contribution in [-0.2, 0) is 13.1 Å². The molecule has 94 valence electrons. The lowest BCUT2D eigenvalue weighted by atomic mass is 10.0. The van der Waals surface area contributed by atoms with Crippen LogP contribution in [0.1, 0.15) is 44.6 Å². The number of aryl methyl sites for hydroxylation is 1. The molecule has 0 saturated heterocycles. The zero-order valence-electron chi connectivity index (χ0n) is 10.9. The Labute approximate surface area is 104 Å². The number of nitrogens with zero attached hydrogens (tertiary/aromatic N) is 1. The standard InChI is InChI=1S/C15H24N2/c1-2-8-17-9-5-13(11-17)10-16-12-15(6-7-15)14-3-4-14/h5,9,11,14,16H,2-4,6-8,10,12H2,1H3. The smallest absolute Gasteiger partial charge is 0.0220 e. The van der Waals surface area contributed by atoms with Crippen molar-refractivity contribution in [3.8, 4) is 0 Å². The van der Waals surface area contributed by atoms with Gasteiger partial charge in [0, 0.05) is 32.0 Å². The molecule has 0 amide bonds. The molecule has 0 aromatic carbocycles. The highest BCUT2D eigenvalue weighted by atomic mass is 14.9. The molecule has 2 saturated carbocycles. The van der Waals surface area contributed by atoms with Crippen molar-refractivity contribution in [2.24, 2.45) is 11.3 Å². The Morgan fingerprint density at radius 1 is 1.41 bits per heavy atom. The quantitative estimate of drug-likeness (QED) is 0.764. The fraction of sp³-hybridized carbons (Fsp3) is 0.733. The normalized spacial score (nSPS) is 21.7. The maximum atomic E-state index is 3.67. The number of hydrogen-bond donors (Lipinski definition) is 1. The van der Waals surface area contributed by atoms with Crippen molar-refractivity contribution < 1.29 is 0 Å². The lowest BCUT2D eigenvalue weighted by Gasteiger charge is -2.14. The maximum Gasteiger partial charge on any atom is 0.0220 e. The van der Waals surface area contributed by atoms with Gasteiger partial charge in [0.25, 0.3) is 0 Å². The fourth-order valence-corrected chi connectivity index (χ4v) is 3.03. The van der Waals surface area contributed by atoms with E-state index in [0.29, 0.717) is 0 Å². The first kappa shape index (κ1) is 11.3. The molecule has 0 bridgehead atoms. The molecule has 1 aromatic heterocycles. The molecule has 2 aliphatic carbocycles. The second-order valence-electron chi connectivity index (χ2n) is 6.00. The predicted molar refractivity (Wildman–Crippen MR) is 70.8 cm³/mol. The van der Waals surface area contributed by atoms with Crippen LogP contribution in [0.3, 0.4) is 0 Å². The van der Waals surface area contributed by atoms with E-state index in [1.807, 2.05) is 0 Å². The molecule has 0 aliphatic heterocycles. The molecule has 3 rings (SSSR count). The van der Waals surface area contributed by atoms with Crippen LogP contribution in [-0.4, -0.2) is 11.1 Å². The van der Waals surface area contributed by atoms with Gasteiger partial charge in [-0.15, -0.1) is 0 Å². The molecule has 17 heavy (non-hydrogen) atoms. The van der Waals surface area contributed by atoms with Crippen LogP contribution in [0.25, 0.3) is 0 Å². The molecule has 2 heteroatoms. The number of nitrogens with one attached hydrogen (secondary N) is 1. The third-order valence-electron chi connectivity index (χ3n) is 4.44. The Kier molecular flexibility index (Phi) is 2.99. The Hall–Kier alpha value is -0.760. The molecule has 1 heterocycles. The summed E-state index contributed by atoms with van der Waals surface area (Å²) in [7, 11) is 0. The summed E-state index contributed by atoms with van der Waals surface area (Å²) in [6.45, 7) is 5.66. The molecule has 0 radical (unpaired) electrons. The monoisotopic (exact) mass is 232 g/mol. The zero-order chi connectivity index (χ0) is 11.7. The summed E-state index contributed by atoms with van der Waals surface area (Å²) in [5.74, 6) is 1.07. The van der Waals surface area contributed by atoms with Crippen molar-refractivity contribution in [2.45, 2.75) is 52.1 Å². The Bertz CT molecular complexity index is 372. The predicted octanol–water partition coefficient (Wildman–Crippen LogP) is 3.18. The van der Waals surface area contributed by atoms with Crippen LogP contribution < -0.4 is 5.32 Å². The van der Waals surface area contributed by atoms with Crippen LogP contribution in [0, 0.1) is 11.3 Å². The summed E-state index contributed by atoms with van der Waals surface area (Å²) in [6, 6.07) is 2.25. The minimum Gasteiger partial charge on any atom is -0.354 e. The second kappa shape index (κ2) is 4.49. The van der Waals surface area contributed by atoms with Crippen molar-refractivity contribution >= 4 is 0 Å². The summed E-state index contributed by atoms with van der Waals surface area (Å²) in [5, 5.41) is 3.67. The largest absolute Gasteiger partial charge is 0.354 e. The van der Waals surface area contributed by atoms with Gasteiger partial charge >= 0.3 is 0 Å². The topological polar surface area (TPSA) is 17.0 Å². The van der Waals surface area contributed by atoms with Gasteiger partial charge in [-0.1, -0.05) is 6.92 Å². The van der Waals surface area contributed by atoms with Gasteiger partial charge in [-0.3, -0.25) is 0 Å². The van der Waals surface area contributed by atoms with E-state index in [4.69, 9.17) is 0 Å². The number of hydrogen-bond acceptors (Lipinski definition) is 1. The van der Waals surface area contributed by atoms with Gasteiger partial charge in [-0.05, 0) is 55.1 Å². The summed E-state index contributed by atoms with van der Waals surface area (Å²) < 4.78 is 2.30. The van der Waals surface area contributed by atoms with Crippen molar-refractivity contribution in [1.82, 2.24) is 9.88 Å². The SMILES string of the molecule is CCCn1ccc(CNCC2(C3CC3)CC2)c1. The molecule has 1 N–H and O–H groups in total. The van der Waals surface area contributed by atoms with E-state index in [-0.39, 0.29) is 0 Å². The minimum atomic E-state index is 0.728. The minimum absolute atomic E-state index is 0.728. The van der Waals surface area contributed by atoms with Crippen LogP contribution in [0.15, 0.2) is 18.5 Å². The Morgan fingerprint density at radius 2 is 2.24 bits per heavy atom. The van der Waals surface area contributed by atoms with Gasteiger partial charge < -0.3 is 9.88 Å². The van der Waals surface area contributed by atoms with E-state index < -0.39 is 0 Å². The lowest BCUT2D eigenvalue weighted by Crippen LogP contribution is -2.24. The zero-order valence-corrected chi connectivity index (χ0v) is 10.9. The van der Waals surface area contributed by atoms with Gasteiger partial charge in [0.1, 0.15) is 0 Å². The Morgan fingerprint density at radius 3 is 2.88 bits per heavy atom. The van der Waals surface area contributed by atoms with Crippen molar-refractivity contribution in [3.63, 3.8) is 0 Å². The van der Waals surface area contributed by atoms with Gasteiger partial charge in [-0.25, -0.2) is 0 Å². The fourth-order valence-electron chi connectivity index (χ4n) is 3.03. The van der Waals surface area contributed by atoms with Crippen LogP contribution in [0.2, 0.25) is 0 Å². The van der Waals surface area contributed by atoms with Crippen LogP contribution in [0.4, 0.5) is 0 Å². The first-order valence-electron chi connectivity index (χ1n) is 7.18. The van der Waals surface area contributed by atoms with Gasteiger partial charge in [0.2, 0.25) is 0 Å². The molecule has 2 nitrogen and oxygen atoms in total. The molecular weight excluding hydrogens is 208 g/mol. The van der Waals surface area contributed by atoms with E-state index in [9.17, 15) is 0 Å². The summed E-state index contributed by atoms with van der Waals surface area (Å²) in [5.41, 5.74) is 2.16. The summed E-state index contributed by atoms with van der Waals surface area (Å²) >= 11 is 0. The van der Waals surface area contributed by atoms with Crippen molar-refractivity contribution in [2.75, 3.05) is 6.54 Å². The molecule has 2 fully saturated rings.